The van der Waals surface area contributed by atoms with Gasteiger partial charge in [-0.1, -0.05) is 70.0 Å². The molecule has 0 N–H and O–H groups in total. The summed E-state index contributed by atoms with van der Waals surface area (Å²) in [4.78, 5) is 18.7. The predicted molar refractivity (Wildman–Crippen MR) is 131 cm³/mol. The van der Waals surface area contributed by atoms with Crippen LogP contribution >= 0.6 is 27.5 Å². The number of nitrogens with zero attached hydrogens (tertiary/aromatic N) is 1. The van der Waals surface area contributed by atoms with Gasteiger partial charge in [0.05, 0.1) is 5.02 Å². The summed E-state index contributed by atoms with van der Waals surface area (Å²) >= 11 is 9.83. The number of carbonyl (C=O) groups is 1. The maximum Gasteiger partial charge on any atom is 0.207 e. The molecule has 3 unspecified atom stereocenters. The number of pyridine rings is 1. The van der Waals surface area contributed by atoms with Crippen LogP contribution in [0.2, 0.25) is 24.7 Å². The van der Waals surface area contributed by atoms with Crippen LogP contribution in [0.25, 0.3) is 0 Å². The molecule has 4 nitrogen and oxygen atoms in total. The van der Waals surface area contributed by atoms with Crippen molar-refractivity contribution in [2.75, 3.05) is 0 Å². The van der Waals surface area contributed by atoms with Crippen LogP contribution in [0.1, 0.15) is 29.2 Å². The van der Waals surface area contributed by atoms with E-state index in [0.717, 1.165) is 15.6 Å². The zero-order valence-electron chi connectivity index (χ0n) is 18.1. The van der Waals surface area contributed by atoms with Gasteiger partial charge in [0.25, 0.3) is 0 Å². The fourth-order valence-corrected chi connectivity index (χ4v) is 6.84. The van der Waals surface area contributed by atoms with E-state index in [9.17, 15) is 4.79 Å². The second-order valence-corrected chi connectivity index (χ2v) is 15.1. The third-order valence-electron chi connectivity index (χ3n) is 6.15. The molecule has 1 aliphatic heterocycles. The molecule has 0 amide bonds. The summed E-state index contributed by atoms with van der Waals surface area (Å²) in [5, 5.41) is 0.460. The topological polar surface area (TPSA) is 48.4 Å². The molecule has 0 bridgehead atoms. The summed E-state index contributed by atoms with van der Waals surface area (Å²) in [6.45, 7) is 6.27. The predicted octanol–water partition coefficient (Wildman–Crippen LogP) is 6.59. The fourth-order valence-electron chi connectivity index (χ4n) is 5.15. The number of halogens is 2. The quantitative estimate of drug-likeness (QED) is 0.359. The molecule has 2 aromatic carbocycles. The van der Waals surface area contributed by atoms with E-state index in [1.54, 1.807) is 12.3 Å². The van der Waals surface area contributed by atoms with Gasteiger partial charge in [0, 0.05) is 29.1 Å². The van der Waals surface area contributed by atoms with Gasteiger partial charge in [-0.25, -0.2) is 0 Å². The molecule has 0 spiro atoms. The zero-order chi connectivity index (χ0) is 22.7. The molecule has 164 valence electrons. The van der Waals surface area contributed by atoms with Crippen molar-refractivity contribution in [3.8, 4) is 5.75 Å². The Morgan fingerprint density at radius 1 is 1.12 bits per heavy atom. The molecule has 0 saturated heterocycles. The lowest BCUT2D eigenvalue weighted by atomic mass is 9.72. The van der Waals surface area contributed by atoms with Crippen LogP contribution in [0.3, 0.4) is 0 Å². The summed E-state index contributed by atoms with van der Waals surface area (Å²) in [6.07, 6.45) is 1.87. The van der Waals surface area contributed by atoms with Gasteiger partial charge in [-0.05, 0) is 42.9 Å². The van der Waals surface area contributed by atoms with E-state index in [1.807, 2.05) is 42.5 Å². The summed E-state index contributed by atoms with van der Waals surface area (Å²) < 4.78 is 14.7. The monoisotopic (exact) mass is 527 g/mol. The van der Waals surface area contributed by atoms with E-state index >= 15 is 0 Å². The molecule has 2 heterocycles. The number of hydrogen-bond donors (Lipinski definition) is 0. The van der Waals surface area contributed by atoms with E-state index in [-0.39, 0.29) is 11.7 Å². The summed E-state index contributed by atoms with van der Waals surface area (Å²) in [7, 11) is -2.25. The van der Waals surface area contributed by atoms with Crippen LogP contribution in [0.4, 0.5) is 0 Å². The standard InChI is InChI=1S/C25H23BrClNO3Si/c1-32(2,3)31-25-22(29)14-20(16-7-5-4-6-8-16)24(25,17-9-11-18(26)12-10-17)30-21-13-19(27)15-28-23(21)25/h4-13,15,20H,14H2,1-3H3. The van der Waals surface area contributed by atoms with Crippen LogP contribution in [0.5, 0.6) is 5.75 Å². The van der Waals surface area contributed by atoms with Crippen molar-refractivity contribution in [2.45, 2.75) is 43.2 Å². The Morgan fingerprint density at radius 3 is 2.47 bits per heavy atom. The van der Waals surface area contributed by atoms with Crippen LogP contribution in [0, 0.1) is 0 Å². The van der Waals surface area contributed by atoms with Crippen LogP contribution < -0.4 is 4.74 Å². The first kappa shape index (κ1) is 21.8. The highest BCUT2D eigenvalue weighted by atomic mass is 79.9. The first-order chi connectivity index (χ1) is 15.2. The first-order valence-electron chi connectivity index (χ1n) is 10.6. The third kappa shape index (κ3) is 3.11. The number of aromatic nitrogens is 1. The van der Waals surface area contributed by atoms with E-state index < -0.39 is 19.5 Å². The van der Waals surface area contributed by atoms with Gasteiger partial charge in [-0.15, -0.1) is 0 Å². The minimum absolute atomic E-state index is 0.00901. The van der Waals surface area contributed by atoms with Crippen molar-refractivity contribution in [2.24, 2.45) is 0 Å². The number of carbonyl (C=O) groups excluding carboxylic acids is 1. The summed E-state index contributed by atoms with van der Waals surface area (Å²) in [5.74, 6) is 0.250. The van der Waals surface area contributed by atoms with E-state index in [0.29, 0.717) is 22.9 Å². The first-order valence-corrected chi connectivity index (χ1v) is 15.1. The Labute approximate surface area is 202 Å². The molecule has 2 aliphatic rings. The highest BCUT2D eigenvalue weighted by Crippen LogP contribution is 2.67. The molecule has 1 fully saturated rings. The third-order valence-corrected chi connectivity index (χ3v) is 7.81. The maximum absolute atomic E-state index is 14.1. The summed E-state index contributed by atoms with van der Waals surface area (Å²) in [5.41, 5.74) is 0.00482. The molecular formula is C25H23BrClNO3Si. The smallest absolute Gasteiger partial charge is 0.207 e. The van der Waals surface area contributed by atoms with Crippen molar-refractivity contribution < 1.29 is 14.0 Å². The number of hydrogen-bond acceptors (Lipinski definition) is 4. The Kier molecular flexibility index (Phi) is 5.13. The molecule has 5 rings (SSSR count). The van der Waals surface area contributed by atoms with E-state index in [2.05, 4.69) is 52.7 Å². The Bertz CT molecular complexity index is 1200. The van der Waals surface area contributed by atoms with Gasteiger partial charge in [-0.2, -0.15) is 0 Å². The second-order valence-electron chi connectivity index (χ2n) is 9.33. The van der Waals surface area contributed by atoms with Crippen molar-refractivity contribution in [1.29, 1.82) is 0 Å². The average molecular weight is 529 g/mol. The van der Waals surface area contributed by atoms with Gasteiger partial charge >= 0.3 is 0 Å². The van der Waals surface area contributed by atoms with E-state index in [1.165, 1.54) is 0 Å². The van der Waals surface area contributed by atoms with Crippen LogP contribution in [-0.4, -0.2) is 19.1 Å². The lowest BCUT2D eigenvalue weighted by molar-refractivity contribution is -0.147. The molecule has 7 heteroatoms. The number of ether oxygens (including phenoxy) is 1. The lowest BCUT2D eigenvalue weighted by Crippen LogP contribution is -2.56. The van der Waals surface area contributed by atoms with Crippen molar-refractivity contribution in [3.63, 3.8) is 0 Å². The van der Waals surface area contributed by atoms with Gasteiger partial charge in [0.15, 0.2) is 19.7 Å². The molecule has 32 heavy (non-hydrogen) atoms. The van der Waals surface area contributed by atoms with Crippen molar-refractivity contribution in [3.05, 3.63) is 93.2 Å². The maximum atomic E-state index is 14.1. The lowest BCUT2D eigenvalue weighted by Gasteiger charge is -2.44. The fraction of sp³-hybridized carbons (Fsp3) is 0.280. The number of Topliss-reactive ketones (excluding diaryl/α,β-unsaturated/α-hetero) is 1. The molecule has 1 saturated carbocycles. The van der Waals surface area contributed by atoms with Crippen molar-refractivity contribution >= 4 is 41.6 Å². The largest absolute Gasteiger partial charge is 0.476 e. The van der Waals surface area contributed by atoms with Crippen LogP contribution in [0.15, 0.2) is 71.3 Å². The van der Waals surface area contributed by atoms with Crippen LogP contribution in [-0.2, 0) is 20.4 Å². The second kappa shape index (κ2) is 7.52. The highest BCUT2D eigenvalue weighted by Gasteiger charge is 2.75. The van der Waals surface area contributed by atoms with Gasteiger partial charge in [0.2, 0.25) is 5.60 Å². The highest BCUT2D eigenvalue weighted by molar-refractivity contribution is 9.10. The molecule has 1 aromatic heterocycles. The molecule has 3 aromatic rings. The summed E-state index contributed by atoms with van der Waals surface area (Å²) in [6, 6.07) is 19.8. The minimum Gasteiger partial charge on any atom is -0.476 e. The van der Waals surface area contributed by atoms with Gasteiger partial charge in [0.1, 0.15) is 11.4 Å². The average Bonchev–Trinajstić information content (AvgIpc) is 3.14. The Morgan fingerprint density at radius 2 is 1.81 bits per heavy atom. The Hall–Kier alpha value is -1.99. The van der Waals surface area contributed by atoms with E-state index in [4.69, 9.17) is 20.8 Å². The Balaban J connectivity index is 1.87. The SMILES string of the molecule is C[Si](C)(C)OC12C(=O)CC(c3ccccc3)C1(c1ccc(Br)cc1)Oc1cc(Cl)cnc12. The molecule has 3 atom stereocenters. The number of fused-ring (bicyclic) bond motifs is 3. The number of ketones is 1. The molecular weight excluding hydrogens is 506 g/mol. The van der Waals surface area contributed by atoms with Gasteiger partial charge < -0.3 is 9.16 Å². The van der Waals surface area contributed by atoms with Crippen molar-refractivity contribution in [1.82, 2.24) is 4.98 Å². The minimum atomic E-state index is -2.25. The van der Waals surface area contributed by atoms with Gasteiger partial charge in [-0.3, -0.25) is 9.78 Å². The number of benzene rings is 2. The molecule has 0 radical (unpaired) electrons. The zero-order valence-corrected chi connectivity index (χ0v) is 21.4. The number of rotatable bonds is 4. The molecule has 1 aliphatic carbocycles. The normalized spacial score (nSPS) is 26.5.